The van der Waals surface area contributed by atoms with E-state index in [1.54, 1.807) is 39.0 Å². The Morgan fingerprint density at radius 1 is 1.44 bits per heavy atom. The van der Waals surface area contributed by atoms with Gasteiger partial charge in [0.25, 0.3) is 0 Å². The Kier molecular flexibility index (Phi) is 4.19. The lowest BCUT2D eigenvalue weighted by atomic mass is 9.95. The van der Waals surface area contributed by atoms with Crippen molar-refractivity contribution in [3.63, 3.8) is 0 Å². The zero-order valence-electron chi connectivity index (χ0n) is 10.5. The topological polar surface area (TPSA) is 87.7 Å². The fourth-order valence-corrected chi connectivity index (χ4v) is 1.31. The Hall–Kier alpha value is -1.75. The summed E-state index contributed by atoms with van der Waals surface area (Å²) in [6.07, 6.45) is 0. The predicted molar refractivity (Wildman–Crippen MR) is 72.0 cm³/mol. The highest BCUT2D eigenvalue weighted by molar-refractivity contribution is 6.34. The first-order valence-electron chi connectivity index (χ1n) is 5.34. The maximum Gasteiger partial charge on any atom is 0.229 e. The first-order chi connectivity index (χ1) is 8.25. The third-order valence-electron chi connectivity index (χ3n) is 2.30. The monoisotopic (exact) mass is 269 g/mol. The number of carbonyl (C=O) groups excluding carboxylic acids is 1. The predicted octanol–water partition coefficient (Wildman–Crippen LogP) is 2.42. The number of nitrogens with one attached hydrogen (secondary N) is 1. The molecule has 0 aliphatic rings. The molecular weight excluding hydrogens is 254 g/mol. The van der Waals surface area contributed by atoms with Gasteiger partial charge in [0.15, 0.2) is 5.84 Å². The van der Waals surface area contributed by atoms with Gasteiger partial charge in [0.1, 0.15) is 0 Å². The number of amides is 1. The third kappa shape index (κ3) is 3.37. The molecule has 18 heavy (non-hydrogen) atoms. The maximum atomic E-state index is 11.9. The summed E-state index contributed by atoms with van der Waals surface area (Å²) in [6, 6.07) is 4.73. The molecule has 4 N–H and O–H groups in total. The van der Waals surface area contributed by atoms with E-state index < -0.39 is 5.41 Å². The van der Waals surface area contributed by atoms with E-state index in [2.05, 4.69) is 10.5 Å². The van der Waals surface area contributed by atoms with Crippen molar-refractivity contribution >= 4 is 29.0 Å². The smallest absolute Gasteiger partial charge is 0.229 e. The van der Waals surface area contributed by atoms with Crippen molar-refractivity contribution in [3.05, 3.63) is 28.8 Å². The summed E-state index contributed by atoms with van der Waals surface area (Å²) in [7, 11) is 0. The molecule has 98 valence electrons. The fourth-order valence-electron chi connectivity index (χ4n) is 1.15. The molecule has 6 heteroatoms. The molecule has 0 heterocycles. The molecule has 0 atom stereocenters. The summed E-state index contributed by atoms with van der Waals surface area (Å²) in [5, 5.41) is 14.6. The quantitative estimate of drug-likeness (QED) is 0.333. The van der Waals surface area contributed by atoms with E-state index in [1.165, 1.54) is 0 Å². The van der Waals surface area contributed by atoms with Gasteiger partial charge in [-0.2, -0.15) is 0 Å². The van der Waals surface area contributed by atoms with Gasteiger partial charge in [0.05, 0.1) is 10.7 Å². The van der Waals surface area contributed by atoms with Gasteiger partial charge in [-0.25, -0.2) is 0 Å². The van der Waals surface area contributed by atoms with Crippen molar-refractivity contribution in [2.75, 3.05) is 5.32 Å². The molecule has 1 aromatic carbocycles. The molecule has 0 spiro atoms. The van der Waals surface area contributed by atoms with E-state index >= 15 is 0 Å². The standard InChI is InChI=1S/C12H16ClN3O2/c1-12(2,3)11(17)15-9-6-7(10(14)16-18)4-5-8(9)13/h4-6,18H,1-3H3,(H2,14,16)(H,15,17). The van der Waals surface area contributed by atoms with Crippen molar-refractivity contribution in [1.82, 2.24) is 0 Å². The number of hydrogen-bond donors (Lipinski definition) is 3. The maximum absolute atomic E-state index is 11.9. The van der Waals surface area contributed by atoms with Gasteiger partial charge < -0.3 is 16.3 Å². The lowest BCUT2D eigenvalue weighted by Gasteiger charge is -2.18. The fraction of sp³-hybridized carbons (Fsp3) is 0.333. The van der Waals surface area contributed by atoms with Gasteiger partial charge in [-0.3, -0.25) is 4.79 Å². The first kappa shape index (κ1) is 14.3. The summed E-state index contributed by atoms with van der Waals surface area (Å²) in [5.74, 6) is -0.209. The number of anilines is 1. The van der Waals surface area contributed by atoms with Crippen molar-refractivity contribution in [2.45, 2.75) is 20.8 Å². The molecule has 0 aromatic heterocycles. The zero-order valence-corrected chi connectivity index (χ0v) is 11.2. The van der Waals surface area contributed by atoms with Gasteiger partial charge in [-0.05, 0) is 18.2 Å². The van der Waals surface area contributed by atoms with E-state index in [4.69, 9.17) is 22.5 Å². The first-order valence-corrected chi connectivity index (χ1v) is 5.72. The van der Waals surface area contributed by atoms with Crippen molar-refractivity contribution in [2.24, 2.45) is 16.3 Å². The highest BCUT2D eigenvalue weighted by Gasteiger charge is 2.22. The second kappa shape index (κ2) is 5.27. The van der Waals surface area contributed by atoms with E-state index in [1.807, 2.05) is 0 Å². The molecule has 5 nitrogen and oxygen atoms in total. The summed E-state index contributed by atoms with van der Waals surface area (Å²) in [5.41, 5.74) is 5.85. The minimum atomic E-state index is -0.532. The number of amidine groups is 1. The molecule has 0 aliphatic heterocycles. The van der Waals surface area contributed by atoms with Crippen LogP contribution in [-0.4, -0.2) is 17.0 Å². The molecule has 0 unspecified atom stereocenters. The largest absolute Gasteiger partial charge is 0.409 e. The summed E-state index contributed by atoms with van der Waals surface area (Å²) in [6.45, 7) is 5.39. The molecule has 0 bridgehead atoms. The molecule has 0 fully saturated rings. The minimum absolute atomic E-state index is 0.0436. The Balaban J connectivity index is 3.06. The van der Waals surface area contributed by atoms with Gasteiger partial charge in [0, 0.05) is 11.0 Å². The molecule has 1 rings (SSSR count). The molecule has 0 saturated carbocycles. The van der Waals surface area contributed by atoms with Crippen LogP contribution in [0.3, 0.4) is 0 Å². The lowest BCUT2D eigenvalue weighted by molar-refractivity contribution is -0.123. The number of halogens is 1. The second-order valence-corrected chi connectivity index (χ2v) is 5.29. The number of nitrogens with zero attached hydrogens (tertiary/aromatic N) is 1. The molecule has 0 aliphatic carbocycles. The SMILES string of the molecule is CC(C)(C)C(=O)Nc1cc(/C(N)=N/O)ccc1Cl. The number of nitrogens with two attached hydrogens (primary N) is 1. The molecule has 1 amide bonds. The van der Waals surface area contributed by atoms with Crippen LogP contribution in [0.4, 0.5) is 5.69 Å². The van der Waals surface area contributed by atoms with Crippen LogP contribution in [0.5, 0.6) is 0 Å². The van der Waals surface area contributed by atoms with Gasteiger partial charge >= 0.3 is 0 Å². The van der Waals surface area contributed by atoms with Gasteiger partial charge in [-0.15, -0.1) is 0 Å². The normalized spacial score (nSPS) is 12.3. The van der Waals surface area contributed by atoms with Crippen LogP contribution in [-0.2, 0) is 4.79 Å². The Morgan fingerprint density at radius 2 is 2.06 bits per heavy atom. The van der Waals surface area contributed by atoms with Crippen LogP contribution in [0.15, 0.2) is 23.4 Å². The van der Waals surface area contributed by atoms with Crippen LogP contribution in [0.2, 0.25) is 5.02 Å². The number of hydrogen-bond acceptors (Lipinski definition) is 3. The molecule has 0 saturated heterocycles. The Bertz CT molecular complexity index is 493. The average Bonchev–Trinajstić information content (AvgIpc) is 2.29. The lowest BCUT2D eigenvalue weighted by Crippen LogP contribution is -2.28. The van der Waals surface area contributed by atoms with Crippen LogP contribution in [0.25, 0.3) is 0 Å². The van der Waals surface area contributed by atoms with E-state index in [-0.39, 0.29) is 11.7 Å². The molecule has 1 aromatic rings. The Labute approximate surface area is 111 Å². The van der Waals surface area contributed by atoms with Crippen molar-refractivity contribution < 1.29 is 10.0 Å². The van der Waals surface area contributed by atoms with Crippen LogP contribution >= 0.6 is 11.6 Å². The molecular formula is C12H16ClN3O2. The summed E-state index contributed by atoms with van der Waals surface area (Å²) >= 11 is 5.98. The van der Waals surface area contributed by atoms with Crippen LogP contribution < -0.4 is 11.1 Å². The zero-order chi connectivity index (χ0) is 13.9. The number of oxime groups is 1. The second-order valence-electron chi connectivity index (χ2n) is 4.88. The van der Waals surface area contributed by atoms with Crippen LogP contribution in [0, 0.1) is 5.41 Å². The van der Waals surface area contributed by atoms with E-state index in [9.17, 15) is 4.79 Å². The number of rotatable bonds is 2. The van der Waals surface area contributed by atoms with E-state index in [0.717, 1.165) is 0 Å². The highest BCUT2D eigenvalue weighted by Crippen LogP contribution is 2.25. The Morgan fingerprint density at radius 3 is 2.56 bits per heavy atom. The average molecular weight is 270 g/mol. The number of carbonyl (C=O) groups is 1. The summed E-state index contributed by atoms with van der Waals surface area (Å²) in [4.78, 5) is 11.9. The van der Waals surface area contributed by atoms with Gasteiger partial charge in [0.2, 0.25) is 5.91 Å². The minimum Gasteiger partial charge on any atom is -0.409 e. The number of benzene rings is 1. The van der Waals surface area contributed by atoms with Crippen molar-refractivity contribution in [3.8, 4) is 0 Å². The highest BCUT2D eigenvalue weighted by atomic mass is 35.5. The van der Waals surface area contributed by atoms with Crippen molar-refractivity contribution in [1.29, 1.82) is 0 Å². The van der Waals surface area contributed by atoms with Gasteiger partial charge in [-0.1, -0.05) is 37.5 Å². The summed E-state index contributed by atoms with van der Waals surface area (Å²) < 4.78 is 0. The van der Waals surface area contributed by atoms with E-state index in [0.29, 0.717) is 16.3 Å². The van der Waals surface area contributed by atoms with Crippen LogP contribution in [0.1, 0.15) is 26.3 Å². The third-order valence-corrected chi connectivity index (χ3v) is 2.63. The molecule has 0 radical (unpaired) electrons.